The van der Waals surface area contributed by atoms with Crippen LogP contribution in [0.2, 0.25) is 0 Å². The van der Waals surface area contributed by atoms with Crippen molar-refractivity contribution in [3.63, 3.8) is 0 Å². The van der Waals surface area contributed by atoms with Gasteiger partial charge in [0.15, 0.2) is 0 Å². The Morgan fingerprint density at radius 2 is 1.88 bits per heavy atom. The second-order valence-corrected chi connectivity index (χ2v) is 7.80. The summed E-state index contributed by atoms with van der Waals surface area (Å²) in [7, 11) is 2.19. The average molecular weight is 344 g/mol. The molecule has 1 fully saturated rings. The van der Waals surface area contributed by atoms with E-state index in [0.29, 0.717) is 0 Å². The molecule has 1 saturated heterocycles. The molecule has 2 aromatic rings. The van der Waals surface area contributed by atoms with Crippen LogP contribution in [0.4, 0.5) is 5.82 Å². The van der Waals surface area contributed by atoms with Gasteiger partial charge >= 0.3 is 0 Å². The van der Waals surface area contributed by atoms with E-state index in [1.807, 2.05) is 11.3 Å². The van der Waals surface area contributed by atoms with Gasteiger partial charge in [-0.25, -0.2) is 9.97 Å². The first-order chi connectivity index (χ1) is 11.8. The molecule has 0 atom stereocenters. The second-order valence-electron chi connectivity index (χ2n) is 6.77. The first kappa shape index (κ1) is 16.0. The molecule has 0 aromatic carbocycles. The number of nitrogens with zero attached hydrogens (tertiary/aromatic N) is 5. The highest BCUT2D eigenvalue weighted by atomic mass is 32.1. The van der Waals surface area contributed by atoms with Crippen molar-refractivity contribution < 1.29 is 0 Å². The number of hydrogen-bond donors (Lipinski definition) is 0. The van der Waals surface area contributed by atoms with Crippen LogP contribution in [-0.4, -0.2) is 66.1 Å². The van der Waals surface area contributed by atoms with E-state index in [1.165, 1.54) is 22.0 Å². The SMILES string of the molecule is CN1CCN(c2ncnc3c2CCN(Cc2cccs2)CC3)CC1. The van der Waals surface area contributed by atoms with Crippen LogP contribution in [0.3, 0.4) is 0 Å². The summed E-state index contributed by atoms with van der Waals surface area (Å²) in [5, 5.41) is 2.17. The molecule has 0 saturated carbocycles. The van der Waals surface area contributed by atoms with Gasteiger partial charge in [-0.1, -0.05) is 6.07 Å². The summed E-state index contributed by atoms with van der Waals surface area (Å²) in [6, 6.07) is 4.38. The normalized spacial score (nSPS) is 20.0. The lowest BCUT2D eigenvalue weighted by atomic mass is 10.1. The van der Waals surface area contributed by atoms with E-state index in [-0.39, 0.29) is 0 Å². The Balaban J connectivity index is 1.50. The minimum absolute atomic E-state index is 1.03. The number of piperazine rings is 1. The van der Waals surface area contributed by atoms with Gasteiger partial charge < -0.3 is 9.80 Å². The molecular formula is C18H25N5S. The average Bonchev–Trinajstić information content (AvgIpc) is 3.02. The van der Waals surface area contributed by atoms with Gasteiger partial charge in [0, 0.05) is 62.7 Å². The van der Waals surface area contributed by atoms with Crippen LogP contribution >= 0.6 is 11.3 Å². The first-order valence-corrected chi connectivity index (χ1v) is 9.68. The molecular weight excluding hydrogens is 318 g/mol. The Hall–Kier alpha value is -1.50. The van der Waals surface area contributed by atoms with E-state index >= 15 is 0 Å². The van der Waals surface area contributed by atoms with E-state index < -0.39 is 0 Å². The van der Waals surface area contributed by atoms with E-state index in [4.69, 9.17) is 0 Å². The van der Waals surface area contributed by atoms with Crippen LogP contribution in [0, 0.1) is 0 Å². The van der Waals surface area contributed by atoms with Crippen molar-refractivity contribution in [3.8, 4) is 0 Å². The fraction of sp³-hybridized carbons (Fsp3) is 0.556. The summed E-state index contributed by atoms with van der Waals surface area (Å²) < 4.78 is 0. The Morgan fingerprint density at radius 1 is 1.04 bits per heavy atom. The summed E-state index contributed by atoms with van der Waals surface area (Å²) in [5.41, 5.74) is 2.64. The molecule has 2 aromatic heterocycles. The lowest BCUT2D eigenvalue weighted by Gasteiger charge is -2.34. The topological polar surface area (TPSA) is 35.5 Å². The number of rotatable bonds is 3. The molecule has 2 aliphatic heterocycles. The summed E-state index contributed by atoms with van der Waals surface area (Å²) in [6.45, 7) is 7.61. The monoisotopic (exact) mass is 343 g/mol. The summed E-state index contributed by atoms with van der Waals surface area (Å²) in [5.74, 6) is 1.19. The van der Waals surface area contributed by atoms with Crippen molar-refractivity contribution in [2.75, 3.05) is 51.2 Å². The molecule has 0 bridgehead atoms. The van der Waals surface area contributed by atoms with Crippen molar-refractivity contribution >= 4 is 17.2 Å². The maximum Gasteiger partial charge on any atom is 0.135 e. The number of fused-ring (bicyclic) bond motifs is 1. The number of aromatic nitrogens is 2. The lowest BCUT2D eigenvalue weighted by Crippen LogP contribution is -2.45. The molecule has 128 valence electrons. The summed E-state index contributed by atoms with van der Waals surface area (Å²) in [6.07, 6.45) is 3.86. The highest BCUT2D eigenvalue weighted by Gasteiger charge is 2.23. The predicted molar refractivity (Wildman–Crippen MR) is 98.7 cm³/mol. The van der Waals surface area contributed by atoms with Crippen molar-refractivity contribution in [2.24, 2.45) is 0 Å². The number of thiophene rings is 1. The zero-order chi connectivity index (χ0) is 16.4. The zero-order valence-corrected chi connectivity index (χ0v) is 15.1. The van der Waals surface area contributed by atoms with E-state index in [2.05, 4.69) is 49.2 Å². The van der Waals surface area contributed by atoms with Gasteiger partial charge in [0.05, 0.1) is 5.69 Å². The number of anilines is 1. The molecule has 0 N–H and O–H groups in total. The molecule has 0 unspecified atom stereocenters. The van der Waals surface area contributed by atoms with Gasteiger partial charge in [0.25, 0.3) is 0 Å². The van der Waals surface area contributed by atoms with Crippen molar-refractivity contribution in [2.45, 2.75) is 19.4 Å². The molecule has 4 rings (SSSR count). The molecule has 0 amide bonds. The molecule has 5 nitrogen and oxygen atoms in total. The van der Waals surface area contributed by atoms with Crippen LogP contribution in [0.15, 0.2) is 23.8 Å². The summed E-state index contributed by atoms with van der Waals surface area (Å²) in [4.78, 5) is 18.1. The standard InChI is InChI=1S/C18H25N5S/c1-21-8-10-23(11-9-21)18-16-4-6-22(13-15-3-2-12-24-15)7-5-17(16)19-14-20-18/h2-3,12,14H,4-11,13H2,1H3. The summed E-state index contributed by atoms with van der Waals surface area (Å²) >= 11 is 1.85. The fourth-order valence-corrected chi connectivity index (χ4v) is 4.37. The molecule has 6 heteroatoms. The van der Waals surface area contributed by atoms with Gasteiger partial charge in [-0.3, -0.25) is 4.90 Å². The van der Waals surface area contributed by atoms with E-state index in [9.17, 15) is 0 Å². The molecule has 0 spiro atoms. The van der Waals surface area contributed by atoms with Crippen molar-refractivity contribution in [1.29, 1.82) is 0 Å². The van der Waals surface area contributed by atoms with Crippen LogP contribution in [0.5, 0.6) is 0 Å². The maximum atomic E-state index is 4.66. The second kappa shape index (κ2) is 7.17. The van der Waals surface area contributed by atoms with Crippen LogP contribution in [-0.2, 0) is 19.4 Å². The molecule has 24 heavy (non-hydrogen) atoms. The van der Waals surface area contributed by atoms with Crippen LogP contribution in [0.1, 0.15) is 16.1 Å². The van der Waals surface area contributed by atoms with Gasteiger partial charge in [-0.2, -0.15) is 0 Å². The van der Waals surface area contributed by atoms with Crippen LogP contribution < -0.4 is 4.90 Å². The minimum Gasteiger partial charge on any atom is -0.354 e. The predicted octanol–water partition coefficient (Wildman–Crippen LogP) is 1.89. The third-order valence-electron chi connectivity index (χ3n) is 5.12. The minimum atomic E-state index is 1.03. The molecule has 2 aliphatic rings. The van der Waals surface area contributed by atoms with Gasteiger partial charge in [-0.15, -0.1) is 11.3 Å². The smallest absolute Gasteiger partial charge is 0.135 e. The molecule has 4 heterocycles. The third-order valence-corrected chi connectivity index (χ3v) is 5.98. The third kappa shape index (κ3) is 3.45. The van der Waals surface area contributed by atoms with Gasteiger partial charge in [0.2, 0.25) is 0 Å². The Labute approximate surface area is 147 Å². The fourth-order valence-electron chi connectivity index (χ4n) is 3.63. The Morgan fingerprint density at radius 3 is 2.67 bits per heavy atom. The van der Waals surface area contributed by atoms with E-state index in [0.717, 1.165) is 58.7 Å². The molecule has 0 radical (unpaired) electrons. The largest absolute Gasteiger partial charge is 0.354 e. The zero-order valence-electron chi connectivity index (χ0n) is 14.3. The highest BCUT2D eigenvalue weighted by molar-refractivity contribution is 7.09. The lowest BCUT2D eigenvalue weighted by molar-refractivity contribution is 0.281. The number of hydrogen-bond acceptors (Lipinski definition) is 6. The van der Waals surface area contributed by atoms with Crippen LogP contribution in [0.25, 0.3) is 0 Å². The van der Waals surface area contributed by atoms with Gasteiger partial charge in [0.1, 0.15) is 12.1 Å². The number of likely N-dealkylation sites (N-methyl/N-ethyl adjacent to an activating group) is 1. The quantitative estimate of drug-likeness (QED) is 0.850. The van der Waals surface area contributed by atoms with E-state index in [1.54, 1.807) is 6.33 Å². The first-order valence-electron chi connectivity index (χ1n) is 8.80. The van der Waals surface area contributed by atoms with Crippen molar-refractivity contribution in [1.82, 2.24) is 19.8 Å². The molecule has 0 aliphatic carbocycles. The Kier molecular flexibility index (Phi) is 4.78. The highest BCUT2D eigenvalue weighted by Crippen LogP contribution is 2.25. The van der Waals surface area contributed by atoms with Crippen molar-refractivity contribution in [3.05, 3.63) is 40.0 Å². The van der Waals surface area contributed by atoms with Gasteiger partial charge in [-0.05, 0) is 24.9 Å². The Bertz CT molecular complexity index is 664. The maximum absolute atomic E-state index is 4.66.